The van der Waals surface area contributed by atoms with Crippen LogP contribution in [-0.4, -0.2) is 16.1 Å². The second kappa shape index (κ2) is 6.49. The molecule has 1 aromatic heterocycles. The predicted octanol–water partition coefficient (Wildman–Crippen LogP) is 4.26. The molecule has 0 fully saturated rings. The van der Waals surface area contributed by atoms with E-state index in [0.29, 0.717) is 0 Å². The minimum Gasteiger partial charge on any atom is -0.473 e. The van der Waals surface area contributed by atoms with E-state index in [9.17, 15) is 13.2 Å². The zero-order valence-corrected chi connectivity index (χ0v) is 13.0. The van der Waals surface area contributed by atoms with E-state index in [-0.39, 0.29) is 34.2 Å². The second-order valence-electron chi connectivity index (χ2n) is 4.93. The van der Waals surface area contributed by atoms with Gasteiger partial charge in [0.2, 0.25) is 5.88 Å². The standard InChI is InChI=1S/C14H14ClF3N4O/c1-7(2)23-13-11(19)12(20-6-21-13)22-10-5-8(14(16,17)18)3-4-9(10)15/h3-7H,19H2,1-2H3,(H,20,21,22). The van der Waals surface area contributed by atoms with Gasteiger partial charge >= 0.3 is 6.18 Å². The third-order valence-corrected chi connectivity index (χ3v) is 3.07. The molecule has 1 aromatic carbocycles. The summed E-state index contributed by atoms with van der Waals surface area (Å²) in [5.74, 6) is 0.248. The van der Waals surface area contributed by atoms with Gasteiger partial charge in [-0.2, -0.15) is 18.2 Å². The zero-order valence-electron chi connectivity index (χ0n) is 12.3. The number of aromatic nitrogens is 2. The van der Waals surface area contributed by atoms with E-state index in [2.05, 4.69) is 15.3 Å². The summed E-state index contributed by atoms with van der Waals surface area (Å²) in [4.78, 5) is 7.80. The van der Waals surface area contributed by atoms with Crippen molar-refractivity contribution in [2.24, 2.45) is 0 Å². The van der Waals surface area contributed by atoms with Crippen LogP contribution in [0.15, 0.2) is 24.5 Å². The Bertz CT molecular complexity index is 707. The van der Waals surface area contributed by atoms with Gasteiger partial charge in [-0.25, -0.2) is 4.98 Å². The van der Waals surface area contributed by atoms with E-state index in [0.717, 1.165) is 18.2 Å². The van der Waals surface area contributed by atoms with Gasteiger partial charge in [-0.1, -0.05) is 11.6 Å². The molecule has 0 unspecified atom stereocenters. The van der Waals surface area contributed by atoms with Crippen LogP contribution in [0.3, 0.4) is 0 Å². The molecular weight excluding hydrogens is 333 g/mol. The summed E-state index contributed by atoms with van der Waals surface area (Å²) in [5.41, 5.74) is 5.15. The number of nitrogens with two attached hydrogens (primary N) is 1. The van der Waals surface area contributed by atoms with E-state index >= 15 is 0 Å². The first kappa shape index (κ1) is 17.1. The molecule has 0 spiro atoms. The first-order chi connectivity index (χ1) is 10.7. The summed E-state index contributed by atoms with van der Waals surface area (Å²) in [7, 11) is 0. The molecule has 0 aliphatic carbocycles. The molecule has 0 saturated heterocycles. The van der Waals surface area contributed by atoms with Crippen LogP contribution in [0.25, 0.3) is 0 Å². The van der Waals surface area contributed by atoms with Crippen LogP contribution in [-0.2, 0) is 6.18 Å². The Balaban J connectivity index is 2.36. The SMILES string of the molecule is CC(C)Oc1ncnc(Nc2cc(C(F)(F)F)ccc2Cl)c1N. The number of benzene rings is 1. The number of nitrogens with zero attached hydrogens (tertiary/aromatic N) is 2. The van der Waals surface area contributed by atoms with Gasteiger partial charge in [-0.3, -0.25) is 0 Å². The van der Waals surface area contributed by atoms with Crippen molar-refractivity contribution in [3.05, 3.63) is 35.1 Å². The summed E-state index contributed by atoms with van der Waals surface area (Å²) < 4.78 is 43.8. The fraction of sp³-hybridized carbons (Fsp3) is 0.286. The fourth-order valence-electron chi connectivity index (χ4n) is 1.72. The minimum absolute atomic E-state index is 0.0300. The average Bonchev–Trinajstić information content (AvgIpc) is 2.43. The number of alkyl halides is 3. The zero-order chi connectivity index (χ0) is 17.2. The molecule has 0 aliphatic heterocycles. The largest absolute Gasteiger partial charge is 0.473 e. The minimum atomic E-state index is -4.48. The van der Waals surface area contributed by atoms with Crippen molar-refractivity contribution in [3.8, 4) is 5.88 Å². The van der Waals surface area contributed by atoms with E-state index in [1.54, 1.807) is 13.8 Å². The molecule has 9 heteroatoms. The van der Waals surface area contributed by atoms with Gasteiger partial charge in [-0.05, 0) is 32.0 Å². The van der Waals surface area contributed by atoms with Crippen molar-refractivity contribution in [2.75, 3.05) is 11.1 Å². The molecule has 124 valence electrons. The van der Waals surface area contributed by atoms with Crippen LogP contribution < -0.4 is 15.8 Å². The molecule has 1 heterocycles. The first-order valence-corrected chi connectivity index (χ1v) is 6.97. The number of nitrogens with one attached hydrogen (secondary N) is 1. The van der Waals surface area contributed by atoms with E-state index < -0.39 is 11.7 Å². The molecule has 2 rings (SSSR count). The predicted molar refractivity (Wildman–Crippen MR) is 81.9 cm³/mol. The van der Waals surface area contributed by atoms with Crippen molar-refractivity contribution in [3.63, 3.8) is 0 Å². The van der Waals surface area contributed by atoms with Gasteiger partial charge in [0, 0.05) is 0 Å². The summed E-state index contributed by atoms with van der Waals surface area (Å²) in [6.07, 6.45) is -3.46. The van der Waals surface area contributed by atoms with Crippen molar-refractivity contribution in [1.82, 2.24) is 9.97 Å². The van der Waals surface area contributed by atoms with Gasteiger partial charge < -0.3 is 15.8 Å². The van der Waals surface area contributed by atoms with Gasteiger partial charge in [0.15, 0.2) is 5.82 Å². The number of rotatable bonds is 4. The molecular formula is C14H14ClF3N4O. The van der Waals surface area contributed by atoms with Crippen molar-refractivity contribution in [2.45, 2.75) is 26.1 Å². The Hall–Kier alpha value is -2.22. The highest BCUT2D eigenvalue weighted by Crippen LogP contribution is 2.36. The Morgan fingerprint density at radius 1 is 1.26 bits per heavy atom. The molecule has 5 nitrogen and oxygen atoms in total. The highest BCUT2D eigenvalue weighted by atomic mass is 35.5. The normalized spacial score (nSPS) is 11.6. The summed E-state index contributed by atoms with van der Waals surface area (Å²) >= 11 is 5.93. The topological polar surface area (TPSA) is 73.1 Å². The number of hydrogen-bond acceptors (Lipinski definition) is 5. The maximum atomic E-state index is 12.8. The van der Waals surface area contributed by atoms with Crippen LogP contribution in [0.2, 0.25) is 5.02 Å². The number of hydrogen-bond donors (Lipinski definition) is 2. The van der Waals surface area contributed by atoms with Crippen LogP contribution >= 0.6 is 11.6 Å². The number of halogens is 4. The van der Waals surface area contributed by atoms with Crippen LogP contribution in [0.1, 0.15) is 19.4 Å². The lowest BCUT2D eigenvalue weighted by molar-refractivity contribution is -0.137. The molecule has 23 heavy (non-hydrogen) atoms. The third kappa shape index (κ3) is 4.16. The second-order valence-corrected chi connectivity index (χ2v) is 5.33. The quantitative estimate of drug-likeness (QED) is 0.865. The number of nitrogen functional groups attached to an aromatic ring is 1. The van der Waals surface area contributed by atoms with E-state index in [1.807, 2.05) is 0 Å². The average molecular weight is 347 g/mol. The lowest BCUT2D eigenvalue weighted by Crippen LogP contribution is -2.11. The third-order valence-electron chi connectivity index (χ3n) is 2.74. The van der Waals surface area contributed by atoms with Crippen LogP contribution in [0.5, 0.6) is 5.88 Å². The highest BCUT2D eigenvalue weighted by molar-refractivity contribution is 6.33. The molecule has 0 amide bonds. The smallest absolute Gasteiger partial charge is 0.416 e. The highest BCUT2D eigenvalue weighted by Gasteiger charge is 2.31. The Kier molecular flexibility index (Phi) is 4.84. The first-order valence-electron chi connectivity index (χ1n) is 6.59. The Labute approximate surface area is 135 Å². The van der Waals surface area contributed by atoms with Crippen molar-refractivity contribution in [1.29, 1.82) is 0 Å². The molecule has 0 bridgehead atoms. The van der Waals surface area contributed by atoms with E-state index in [4.69, 9.17) is 22.1 Å². The van der Waals surface area contributed by atoms with Crippen LogP contribution in [0, 0.1) is 0 Å². The van der Waals surface area contributed by atoms with Gasteiger partial charge in [0.1, 0.15) is 12.0 Å². The number of ether oxygens (including phenoxy) is 1. The molecule has 0 saturated carbocycles. The summed E-state index contributed by atoms with van der Waals surface area (Å²) in [6.45, 7) is 3.58. The number of anilines is 3. The Morgan fingerprint density at radius 3 is 2.57 bits per heavy atom. The summed E-state index contributed by atoms with van der Waals surface area (Å²) in [6, 6.07) is 2.92. The van der Waals surface area contributed by atoms with Crippen molar-refractivity contribution < 1.29 is 17.9 Å². The Morgan fingerprint density at radius 2 is 1.96 bits per heavy atom. The maximum Gasteiger partial charge on any atom is 0.416 e. The van der Waals surface area contributed by atoms with Crippen LogP contribution in [0.4, 0.5) is 30.4 Å². The monoisotopic (exact) mass is 346 g/mol. The summed E-state index contributed by atoms with van der Waals surface area (Å²) in [5, 5.41) is 2.78. The molecule has 2 aromatic rings. The van der Waals surface area contributed by atoms with Gasteiger partial charge in [0.05, 0.1) is 22.4 Å². The maximum absolute atomic E-state index is 12.8. The van der Waals surface area contributed by atoms with E-state index in [1.165, 1.54) is 6.33 Å². The van der Waals surface area contributed by atoms with Gasteiger partial charge in [-0.15, -0.1) is 0 Å². The molecule has 0 atom stereocenters. The fourth-order valence-corrected chi connectivity index (χ4v) is 1.89. The lowest BCUT2D eigenvalue weighted by Gasteiger charge is -2.15. The molecule has 3 N–H and O–H groups in total. The lowest BCUT2D eigenvalue weighted by atomic mass is 10.2. The van der Waals surface area contributed by atoms with Gasteiger partial charge in [0.25, 0.3) is 0 Å². The molecule has 0 radical (unpaired) electrons. The van der Waals surface area contributed by atoms with Crippen molar-refractivity contribution >= 4 is 28.8 Å². The molecule has 0 aliphatic rings.